The van der Waals surface area contributed by atoms with E-state index in [4.69, 9.17) is 4.74 Å². The molecule has 0 radical (unpaired) electrons. The van der Waals surface area contributed by atoms with Crippen molar-refractivity contribution in [1.82, 2.24) is 0 Å². The molecule has 3 nitrogen and oxygen atoms in total. The molecule has 1 atom stereocenters. The summed E-state index contributed by atoms with van der Waals surface area (Å²) >= 11 is 0. The number of aliphatic hydroxyl groups excluding tert-OH is 2. The van der Waals surface area contributed by atoms with Crippen LogP contribution in [-0.2, 0) is 4.74 Å². The lowest BCUT2D eigenvalue weighted by Gasteiger charge is -2.28. The first kappa shape index (κ1) is 9.96. The van der Waals surface area contributed by atoms with Crippen molar-refractivity contribution in [2.75, 3.05) is 6.61 Å². The summed E-state index contributed by atoms with van der Waals surface area (Å²) in [5, 5.41) is 18.7. The van der Waals surface area contributed by atoms with Gasteiger partial charge in [0.15, 0.2) is 6.29 Å². The average Bonchev–Trinajstić information content (AvgIpc) is 2.06. The van der Waals surface area contributed by atoms with Crippen molar-refractivity contribution in [2.24, 2.45) is 5.92 Å². The maximum Gasteiger partial charge on any atom is 0.157 e. The van der Waals surface area contributed by atoms with E-state index in [1.165, 1.54) is 0 Å². The fraction of sp³-hybridized carbons (Fsp3) is 1.00. The maximum absolute atomic E-state index is 9.46. The third-order valence-corrected chi connectivity index (χ3v) is 2.48. The van der Waals surface area contributed by atoms with E-state index < -0.39 is 6.29 Å². The summed E-state index contributed by atoms with van der Waals surface area (Å²) in [6, 6.07) is 0. The predicted octanol–water partition coefficient (Wildman–Crippen LogP) is 0.892. The summed E-state index contributed by atoms with van der Waals surface area (Å²) in [7, 11) is 0. The summed E-state index contributed by atoms with van der Waals surface area (Å²) in [5.74, 6) is 0.230. The molecule has 0 amide bonds. The van der Waals surface area contributed by atoms with Crippen LogP contribution < -0.4 is 0 Å². The normalized spacial score (nSPS) is 33.2. The van der Waals surface area contributed by atoms with Crippen LogP contribution in [0.4, 0.5) is 0 Å². The first-order chi connectivity index (χ1) is 5.74. The van der Waals surface area contributed by atoms with Crippen molar-refractivity contribution in [1.29, 1.82) is 0 Å². The molecule has 1 aliphatic carbocycles. The molecule has 0 bridgehead atoms. The van der Waals surface area contributed by atoms with Gasteiger partial charge in [-0.15, -0.1) is 0 Å². The molecule has 0 saturated heterocycles. The maximum atomic E-state index is 9.46. The van der Waals surface area contributed by atoms with Crippen molar-refractivity contribution < 1.29 is 14.9 Å². The molecule has 0 spiro atoms. The van der Waals surface area contributed by atoms with Crippen LogP contribution in [0.3, 0.4) is 0 Å². The Hall–Kier alpha value is -0.120. The molecule has 1 rings (SSSR count). The zero-order valence-electron chi connectivity index (χ0n) is 7.57. The fourth-order valence-corrected chi connectivity index (χ4v) is 1.69. The van der Waals surface area contributed by atoms with E-state index in [-0.39, 0.29) is 12.0 Å². The van der Waals surface area contributed by atoms with Gasteiger partial charge < -0.3 is 14.9 Å². The molecule has 72 valence electrons. The van der Waals surface area contributed by atoms with Gasteiger partial charge >= 0.3 is 0 Å². The Morgan fingerprint density at radius 1 is 1.33 bits per heavy atom. The number of ether oxygens (including phenoxy) is 1. The second-order valence-corrected chi connectivity index (χ2v) is 3.41. The Labute approximate surface area is 73.4 Å². The molecule has 1 saturated carbocycles. The lowest BCUT2D eigenvalue weighted by atomic mass is 9.87. The molecular formula is C9H18O3. The minimum atomic E-state index is -0.623. The molecule has 1 unspecified atom stereocenters. The van der Waals surface area contributed by atoms with Gasteiger partial charge in [0.05, 0.1) is 6.10 Å². The van der Waals surface area contributed by atoms with Crippen LogP contribution in [0.15, 0.2) is 0 Å². The van der Waals surface area contributed by atoms with Gasteiger partial charge in [-0.05, 0) is 32.6 Å². The van der Waals surface area contributed by atoms with Gasteiger partial charge in [0.1, 0.15) is 0 Å². The fourth-order valence-electron chi connectivity index (χ4n) is 1.69. The Morgan fingerprint density at radius 2 is 1.92 bits per heavy atom. The van der Waals surface area contributed by atoms with Crippen LogP contribution in [0.1, 0.15) is 32.6 Å². The summed E-state index contributed by atoms with van der Waals surface area (Å²) in [4.78, 5) is 0. The van der Waals surface area contributed by atoms with E-state index >= 15 is 0 Å². The third-order valence-electron chi connectivity index (χ3n) is 2.48. The molecule has 0 aliphatic heterocycles. The van der Waals surface area contributed by atoms with Crippen LogP contribution in [0.2, 0.25) is 0 Å². The molecule has 1 aliphatic rings. The third kappa shape index (κ3) is 2.73. The molecule has 0 aromatic carbocycles. The second kappa shape index (κ2) is 4.80. The van der Waals surface area contributed by atoms with Gasteiger partial charge in [-0.1, -0.05) is 0 Å². The van der Waals surface area contributed by atoms with Gasteiger partial charge in [0.25, 0.3) is 0 Å². The summed E-state index contributed by atoms with van der Waals surface area (Å²) in [5.41, 5.74) is 0. The van der Waals surface area contributed by atoms with Crippen LogP contribution in [0, 0.1) is 5.92 Å². The number of hydrogen-bond acceptors (Lipinski definition) is 3. The van der Waals surface area contributed by atoms with Gasteiger partial charge in [-0.3, -0.25) is 0 Å². The topological polar surface area (TPSA) is 49.7 Å². The van der Waals surface area contributed by atoms with E-state index in [9.17, 15) is 10.2 Å². The summed E-state index contributed by atoms with van der Waals surface area (Å²) in [6.45, 7) is 2.43. The number of aliphatic hydroxyl groups is 2. The molecule has 0 heterocycles. The van der Waals surface area contributed by atoms with Gasteiger partial charge in [-0.25, -0.2) is 0 Å². The van der Waals surface area contributed by atoms with E-state index in [1.807, 2.05) is 6.92 Å². The Morgan fingerprint density at radius 3 is 2.42 bits per heavy atom. The zero-order valence-corrected chi connectivity index (χ0v) is 7.57. The standard InChI is InChI=1S/C9H18O3/c1-2-12-9(11)7-3-5-8(10)6-4-7/h7-11H,2-6H2,1H3. The van der Waals surface area contributed by atoms with Crippen molar-refractivity contribution in [3.8, 4) is 0 Å². The van der Waals surface area contributed by atoms with Gasteiger partial charge in [0.2, 0.25) is 0 Å². The smallest absolute Gasteiger partial charge is 0.157 e. The number of hydrogen-bond donors (Lipinski definition) is 2. The highest BCUT2D eigenvalue weighted by atomic mass is 16.6. The van der Waals surface area contributed by atoms with Crippen molar-refractivity contribution in [3.05, 3.63) is 0 Å². The highest BCUT2D eigenvalue weighted by Crippen LogP contribution is 2.27. The molecule has 1 fully saturated rings. The molecule has 3 heteroatoms. The van der Waals surface area contributed by atoms with Crippen molar-refractivity contribution in [3.63, 3.8) is 0 Å². The quantitative estimate of drug-likeness (QED) is 0.625. The summed E-state index contributed by atoms with van der Waals surface area (Å²) < 4.78 is 5.09. The predicted molar refractivity (Wildman–Crippen MR) is 45.6 cm³/mol. The summed E-state index contributed by atoms with van der Waals surface area (Å²) in [6.07, 6.45) is 2.58. The van der Waals surface area contributed by atoms with Gasteiger partial charge in [-0.2, -0.15) is 0 Å². The molecule has 12 heavy (non-hydrogen) atoms. The SMILES string of the molecule is CCOC(O)C1CCC(O)CC1. The van der Waals surface area contributed by atoms with E-state index in [1.54, 1.807) is 0 Å². The minimum absolute atomic E-state index is 0.157. The van der Waals surface area contributed by atoms with Crippen molar-refractivity contribution in [2.45, 2.75) is 45.0 Å². The van der Waals surface area contributed by atoms with E-state index in [0.29, 0.717) is 6.61 Å². The lowest BCUT2D eigenvalue weighted by molar-refractivity contribution is -0.141. The lowest BCUT2D eigenvalue weighted by Crippen LogP contribution is -2.29. The van der Waals surface area contributed by atoms with E-state index in [0.717, 1.165) is 25.7 Å². The van der Waals surface area contributed by atoms with Crippen LogP contribution in [0.5, 0.6) is 0 Å². The molecule has 0 aromatic heterocycles. The largest absolute Gasteiger partial charge is 0.393 e. The Bertz CT molecular complexity index is 119. The van der Waals surface area contributed by atoms with E-state index in [2.05, 4.69) is 0 Å². The first-order valence-electron chi connectivity index (χ1n) is 4.71. The van der Waals surface area contributed by atoms with Gasteiger partial charge in [0, 0.05) is 12.5 Å². The molecular weight excluding hydrogens is 156 g/mol. The monoisotopic (exact) mass is 174 g/mol. The highest BCUT2D eigenvalue weighted by Gasteiger charge is 2.25. The first-order valence-corrected chi connectivity index (χ1v) is 4.71. The van der Waals surface area contributed by atoms with Crippen LogP contribution in [0.25, 0.3) is 0 Å². The van der Waals surface area contributed by atoms with Crippen LogP contribution in [-0.4, -0.2) is 29.2 Å². The highest BCUT2D eigenvalue weighted by molar-refractivity contribution is 4.73. The second-order valence-electron chi connectivity index (χ2n) is 3.41. The zero-order chi connectivity index (χ0) is 8.97. The number of rotatable bonds is 3. The average molecular weight is 174 g/mol. The van der Waals surface area contributed by atoms with Crippen molar-refractivity contribution >= 4 is 0 Å². The Balaban J connectivity index is 2.24. The molecule has 0 aromatic rings. The molecule has 2 N–H and O–H groups in total. The minimum Gasteiger partial charge on any atom is -0.393 e. The Kier molecular flexibility index (Phi) is 3.98. The van der Waals surface area contributed by atoms with Crippen LogP contribution >= 0.6 is 0 Å².